The summed E-state index contributed by atoms with van der Waals surface area (Å²) in [6.07, 6.45) is 2.63. The Labute approximate surface area is 96.1 Å². The van der Waals surface area contributed by atoms with E-state index >= 15 is 0 Å². The van der Waals surface area contributed by atoms with Crippen LogP contribution in [0.4, 0.5) is 0 Å². The molecule has 1 aliphatic rings. The fraction of sp³-hybridized carbons (Fsp3) is 0.667. The SMILES string of the molecule is Cc1ccsc1CN1CCC[C@@H](CN)C1. The van der Waals surface area contributed by atoms with Gasteiger partial charge in [-0.1, -0.05) is 0 Å². The number of hydrogen-bond acceptors (Lipinski definition) is 3. The van der Waals surface area contributed by atoms with Gasteiger partial charge in [0, 0.05) is 18.0 Å². The van der Waals surface area contributed by atoms with Crippen LogP contribution in [0.15, 0.2) is 11.4 Å². The van der Waals surface area contributed by atoms with Crippen molar-refractivity contribution in [3.63, 3.8) is 0 Å². The van der Waals surface area contributed by atoms with Crippen molar-refractivity contribution in [3.05, 3.63) is 21.9 Å². The van der Waals surface area contributed by atoms with Crippen LogP contribution in [0.3, 0.4) is 0 Å². The molecular formula is C12H20N2S. The van der Waals surface area contributed by atoms with Crippen LogP contribution in [-0.2, 0) is 6.54 Å². The van der Waals surface area contributed by atoms with Crippen molar-refractivity contribution >= 4 is 11.3 Å². The standard InChI is InChI=1S/C12H20N2S/c1-10-4-6-15-12(10)9-14-5-2-3-11(7-13)8-14/h4,6,11H,2-3,5,7-9,13H2,1H3/t11-/m0/s1. The zero-order chi connectivity index (χ0) is 10.7. The molecule has 0 spiro atoms. The van der Waals surface area contributed by atoms with Gasteiger partial charge in [-0.25, -0.2) is 0 Å². The maximum Gasteiger partial charge on any atom is 0.0330 e. The van der Waals surface area contributed by atoms with Crippen LogP contribution in [-0.4, -0.2) is 24.5 Å². The molecule has 0 aromatic carbocycles. The first kappa shape index (κ1) is 11.1. The van der Waals surface area contributed by atoms with Crippen LogP contribution in [0.2, 0.25) is 0 Å². The second-order valence-electron chi connectivity index (χ2n) is 4.51. The van der Waals surface area contributed by atoms with E-state index in [4.69, 9.17) is 5.73 Å². The van der Waals surface area contributed by atoms with E-state index in [9.17, 15) is 0 Å². The highest BCUT2D eigenvalue weighted by Crippen LogP contribution is 2.22. The molecule has 1 aromatic rings. The molecule has 1 aliphatic heterocycles. The molecule has 0 aliphatic carbocycles. The Kier molecular flexibility index (Phi) is 3.78. The second kappa shape index (κ2) is 5.10. The van der Waals surface area contributed by atoms with Crippen molar-refractivity contribution in [1.82, 2.24) is 4.90 Å². The van der Waals surface area contributed by atoms with Crippen molar-refractivity contribution in [2.45, 2.75) is 26.3 Å². The fourth-order valence-corrected chi connectivity index (χ4v) is 3.20. The molecule has 2 nitrogen and oxygen atoms in total. The van der Waals surface area contributed by atoms with Gasteiger partial charge in [-0.3, -0.25) is 4.90 Å². The molecule has 0 bridgehead atoms. The Morgan fingerprint density at radius 2 is 2.47 bits per heavy atom. The van der Waals surface area contributed by atoms with Gasteiger partial charge in [0.1, 0.15) is 0 Å². The molecule has 2 rings (SSSR count). The summed E-state index contributed by atoms with van der Waals surface area (Å²) in [6.45, 7) is 6.61. The molecule has 0 radical (unpaired) electrons. The molecule has 1 fully saturated rings. The highest BCUT2D eigenvalue weighted by Gasteiger charge is 2.19. The molecule has 1 aromatic heterocycles. The molecule has 1 saturated heterocycles. The molecule has 15 heavy (non-hydrogen) atoms. The van der Waals surface area contributed by atoms with E-state index in [1.165, 1.54) is 36.4 Å². The van der Waals surface area contributed by atoms with Crippen molar-refractivity contribution in [1.29, 1.82) is 0 Å². The summed E-state index contributed by atoms with van der Waals surface area (Å²) in [6, 6.07) is 2.21. The Morgan fingerprint density at radius 3 is 3.13 bits per heavy atom. The number of likely N-dealkylation sites (tertiary alicyclic amines) is 1. The number of hydrogen-bond donors (Lipinski definition) is 1. The summed E-state index contributed by atoms with van der Waals surface area (Å²) in [5.74, 6) is 0.721. The Bertz CT molecular complexity index is 308. The molecule has 0 unspecified atom stereocenters. The lowest BCUT2D eigenvalue weighted by Gasteiger charge is -2.31. The van der Waals surface area contributed by atoms with Gasteiger partial charge in [-0.05, 0) is 55.8 Å². The molecule has 2 heterocycles. The lowest BCUT2D eigenvalue weighted by Crippen LogP contribution is -2.37. The topological polar surface area (TPSA) is 29.3 Å². The van der Waals surface area contributed by atoms with E-state index in [0.717, 1.165) is 19.0 Å². The monoisotopic (exact) mass is 224 g/mol. The lowest BCUT2D eigenvalue weighted by molar-refractivity contribution is 0.172. The van der Waals surface area contributed by atoms with Gasteiger partial charge in [0.25, 0.3) is 0 Å². The van der Waals surface area contributed by atoms with Crippen LogP contribution in [0.5, 0.6) is 0 Å². The maximum atomic E-state index is 5.74. The summed E-state index contributed by atoms with van der Waals surface area (Å²) < 4.78 is 0. The number of nitrogens with two attached hydrogens (primary N) is 1. The Hall–Kier alpha value is -0.380. The van der Waals surface area contributed by atoms with Gasteiger partial charge in [0.05, 0.1) is 0 Å². The van der Waals surface area contributed by atoms with E-state index in [1.54, 1.807) is 0 Å². The van der Waals surface area contributed by atoms with Gasteiger partial charge in [-0.15, -0.1) is 11.3 Å². The number of thiophene rings is 1. The summed E-state index contributed by atoms with van der Waals surface area (Å²) in [4.78, 5) is 4.08. The third kappa shape index (κ3) is 2.80. The number of nitrogens with zero attached hydrogens (tertiary/aromatic N) is 1. The molecule has 84 valence electrons. The average Bonchev–Trinajstić information content (AvgIpc) is 2.65. The predicted octanol–water partition coefficient (Wildman–Crippen LogP) is 2.23. The van der Waals surface area contributed by atoms with Gasteiger partial charge < -0.3 is 5.73 Å². The first-order valence-corrected chi connectivity index (χ1v) is 6.63. The van der Waals surface area contributed by atoms with E-state index in [-0.39, 0.29) is 0 Å². The van der Waals surface area contributed by atoms with Gasteiger partial charge in [0.2, 0.25) is 0 Å². The fourth-order valence-electron chi connectivity index (χ4n) is 2.26. The summed E-state index contributed by atoms with van der Waals surface area (Å²) in [7, 11) is 0. The third-order valence-corrected chi connectivity index (χ3v) is 4.28. The quantitative estimate of drug-likeness (QED) is 0.853. The predicted molar refractivity (Wildman–Crippen MR) is 66.1 cm³/mol. The molecule has 3 heteroatoms. The zero-order valence-electron chi connectivity index (χ0n) is 9.41. The first-order valence-electron chi connectivity index (χ1n) is 5.75. The number of rotatable bonds is 3. The van der Waals surface area contributed by atoms with Gasteiger partial charge >= 0.3 is 0 Å². The zero-order valence-corrected chi connectivity index (χ0v) is 10.2. The Morgan fingerprint density at radius 1 is 1.60 bits per heavy atom. The molecule has 2 N–H and O–H groups in total. The number of aryl methyl sites for hydroxylation is 1. The number of piperidine rings is 1. The highest BCUT2D eigenvalue weighted by molar-refractivity contribution is 7.10. The van der Waals surface area contributed by atoms with Crippen molar-refractivity contribution in [3.8, 4) is 0 Å². The molecule has 1 atom stereocenters. The Balaban J connectivity index is 1.92. The first-order chi connectivity index (χ1) is 7.29. The van der Waals surface area contributed by atoms with Crippen LogP contribution < -0.4 is 5.73 Å². The van der Waals surface area contributed by atoms with E-state index in [2.05, 4.69) is 23.3 Å². The maximum absolute atomic E-state index is 5.74. The third-order valence-electron chi connectivity index (χ3n) is 3.27. The minimum Gasteiger partial charge on any atom is -0.330 e. The van der Waals surface area contributed by atoms with Crippen LogP contribution >= 0.6 is 11.3 Å². The second-order valence-corrected chi connectivity index (χ2v) is 5.51. The van der Waals surface area contributed by atoms with Crippen LogP contribution in [0.1, 0.15) is 23.3 Å². The normalized spacial score (nSPS) is 23.2. The van der Waals surface area contributed by atoms with Gasteiger partial charge in [0.15, 0.2) is 0 Å². The minimum absolute atomic E-state index is 0.721. The summed E-state index contributed by atoms with van der Waals surface area (Å²) >= 11 is 1.88. The minimum atomic E-state index is 0.721. The van der Waals surface area contributed by atoms with E-state index < -0.39 is 0 Å². The van der Waals surface area contributed by atoms with Gasteiger partial charge in [-0.2, -0.15) is 0 Å². The van der Waals surface area contributed by atoms with E-state index in [1.807, 2.05) is 11.3 Å². The molecule has 0 saturated carbocycles. The van der Waals surface area contributed by atoms with Crippen molar-refractivity contribution in [2.24, 2.45) is 11.7 Å². The average molecular weight is 224 g/mol. The molecular weight excluding hydrogens is 204 g/mol. The molecule has 0 amide bonds. The van der Waals surface area contributed by atoms with Crippen LogP contribution in [0, 0.1) is 12.8 Å². The van der Waals surface area contributed by atoms with E-state index in [0.29, 0.717) is 0 Å². The summed E-state index contributed by atoms with van der Waals surface area (Å²) in [5, 5.41) is 2.19. The largest absolute Gasteiger partial charge is 0.330 e. The summed E-state index contributed by atoms with van der Waals surface area (Å²) in [5.41, 5.74) is 7.18. The van der Waals surface area contributed by atoms with Crippen LogP contribution in [0.25, 0.3) is 0 Å². The smallest absolute Gasteiger partial charge is 0.0330 e. The van der Waals surface area contributed by atoms with Crippen molar-refractivity contribution < 1.29 is 0 Å². The lowest BCUT2D eigenvalue weighted by atomic mass is 9.98. The highest BCUT2D eigenvalue weighted by atomic mass is 32.1. The van der Waals surface area contributed by atoms with Crippen molar-refractivity contribution in [2.75, 3.05) is 19.6 Å².